The highest BCUT2D eigenvalue weighted by Gasteiger charge is 2.30. The highest BCUT2D eigenvalue weighted by molar-refractivity contribution is 5.95. The Morgan fingerprint density at radius 2 is 2.19 bits per heavy atom. The summed E-state index contributed by atoms with van der Waals surface area (Å²) in [5, 5.41) is 8.01. The summed E-state index contributed by atoms with van der Waals surface area (Å²) in [6, 6.07) is 4.70. The zero-order valence-electron chi connectivity index (χ0n) is 18.5. The molecule has 2 aromatic rings. The van der Waals surface area contributed by atoms with Crippen molar-refractivity contribution in [3.8, 4) is 16.9 Å². The Labute approximate surface area is 183 Å². The lowest BCUT2D eigenvalue weighted by Crippen LogP contribution is -2.40. The number of benzene rings is 1. The first-order chi connectivity index (χ1) is 15.1. The predicted molar refractivity (Wildman–Crippen MR) is 120 cm³/mol. The lowest BCUT2D eigenvalue weighted by Gasteiger charge is -2.36. The molecule has 4 heterocycles. The van der Waals surface area contributed by atoms with Crippen LogP contribution in [-0.4, -0.2) is 54.6 Å². The van der Waals surface area contributed by atoms with E-state index in [2.05, 4.69) is 35.7 Å². The van der Waals surface area contributed by atoms with Crippen LogP contribution in [0.4, 0.5) is 5.69 Å². The molecule has 1 N–H and O–H groups in total. The van der Waals surface area contributed by atoms with Gasteiger partial charge in [-0.05, 0) is 63.7 Å². The van der Waals surface area contributed by atoms with Gasteiger partial charge in [-0.2, -0.15) is 5.10 Å². The van der Waals surface area contributed by atoms with Crippen molar-refractivity contribution >= 4 is 11.6 Å². The number of carbonyl (C=O) groups is 1. The van der Waals surface area contributed by atoms with E-state index in [1.165, 1.54) is 6.42 Å². The van der Waals surface area contributed by atoms with Crippen molar-refractivity contribution in [2.45, 2.75) is 51.6 Å². The Morgan fingerprint density at radius 1 is 1.32 bits per heavy atom. The molecule has 3 aliphatic heterocycles. The molecule has 2 fully saturated rings. The normalized spacial score (nSPS) is 23.5. The monoisotopic (exact) mass is 424 g/mol. The Morgan fingerprint density at radius 3 is 2.90 bits per heavy atom. The van der Waals surface area contributed by atoms with E-state index < -0.39 is 0 Å². The summed E-state index contributed by atoms with van der Waals surface area (Å²) in [6.45, 7) is 8.08. The third kappa shape index (κ3) is 3.96. The van der Waals surface area contributed by atoms with Gasteiger partial charge in [0.1, 0.15) is 5.75 Å². The van der Waals surface area contributed by atoms with Crippen LogP contribution >= 0.6 is 0 Å². The SMILES string of the molecule is CC(=O)N1c2ccc(-c3cnn(C4COC4)c3)c(OCCC3CCNC3)c2CCC1C. The number of carbonyl (C=O) groups excluding carboxylic acids is 1. The van der Waals surface area contributed by atoms with Gasteiger partial charge in [0.2, 0.25) is 5.91 Å². The molecule has 7 nitrogen and oxygen atoms in total. The molecule has 31 heavy (non-hydrogen) atoms. The lowest BCUT2D eigenvalue weighted by atomic mass is 9.92. The van der Waals surface area contributed by atoms with Gasteiger partial charge in [-0.3, -0.25) is 9.48 Å². The number of aromatic nitrogens is 2. The van der Waals surface area contributed by atoms with E-state index in [0.29, 0.717) is 18.6 Å². The topological polar surface area (TPSA) is 68.6 Å². The molecule has 5 rings (SSSR count). The van der Waals surface area contributed by atoms with Crippen molar-refractivity contribution in [3.63, 3.8) is 0 Å². The highest BCUT2D eigenvalue weighted by Crippen LogP contribution is 2.43. The number of amides is 1. The molecule has 2 atom stereocenters. The second kappa shape index (κ2) is 8.63. The van der Waals surface area contributed by atoms with Gasteiger partial charge in [-0.25, -0.2) is 0 Å². The van der Waals surface area contributed by atoms with E-state index in [9.17, 15) is 4.79 Å². The maximum Gasteiger partial charge on any atom is 0.224 e. The summed E-state index contributed by atoms with van der Waals surface area (Å²) in [7, 11) is 0. The molecule has 1 aromatic carbocycles. The Bertz CT molecular complexity index is 946. The largest absolute Gasteiger partial charge is 0.493 e. The van der Waals surface area contributed by atoms with Crippen molar-refractivity contribution in [1.29, 1.82) is 0 Å². The highest BCUT2D eigenvalue weighted by atomic mass is 16.5. The lowest BCUT2D eigenvalue weighted by molar-refractivity contribution is -0.117. The summed E-state index contributed by atoms with van der Waals surface area (Å²) in [5.41, 5.74) is 4.26. The van der Waals surface area contributed by atoms with Crippen LogP contribution in [0.2, 0.25) is 0 Å². The van der Waals surface area contributed by atoms with E-state index in [-0.39, 0.29) is 11.9 Å². The van der Waals surface area contributed by atoms with Gasteiger partial charge in [0.05, 0.1) is 37.7 Å². The maximum atomic E-state index is 12.4. The van der Waals surface area contributed by atoms with Gasteiger partial charge in [0, 0.05) is 35.9 Å². The first-order valence-electron chi connectivity index (χ1n) is 11.5. The van der Waals surface area contributed by atoms with Gasteiger partial charge in [0.15, 0.2) is 0 Å². The van der Waals surface area contributed by atoms with Crippen LogP contribution < -0.4 is 15.0 Å². The average Bonchev–Trinajstić information content (AvgIpc) is 3.38. The fourth-order valence-corrected chi connectivity index (χ4v) is 5.02. The number of ether oxygens (including phenoxy) is 2. The number of hydrogen-bond donors (Lipinski definition) is 1. The molecule has 2 saturated heterocycles. The van der Waals surface area contributed by atoms with Crippen LogP contribution in [0.25, 0.3) is 11.1 Å². The van der Waals surface area contributed by atoms with Gasteiger partial charge >= 0.3 is 0 Å². The number of rotatable bonds is 6. The molecule has 1 amide bonds. The van der Waals surface area contributed by atoms with Crippen molar-refractivity contribution in [3.05, 3.63) is 30.1 Å². The summed E-state index contributed by atoms with van der Waals surface area (Å²) >= 11 is 0. The number of hydrogen-bond acceptors (Lipinski definition) is 5. The van der Waals surface area contributed by atoms with Crippen molar-refractivity contribution in [2.75, 3.05) is 37.8 Å². The molecule has 0 radical (unpaired) electrons. The molecular weight excluding hydrogens is 392 g/mol. The standard InChI is InChI=1S/C24H32N4O3/c1-16-3-4-22-23(28(16)17(2)29)6-5-21(19-12-26-27(13-19)20-14-30-15-20)24(22)31-10-8-18-7-9-25-11-18/h5-6,12-13,16,18,20,25H,3-4,7-11,14-15H2,1-2H3. The Kier molecular flexibility index (Phi) is 5.71. The fraction of sp³-hybridized carbons (Fsp3) is 0.583. The second-order valence-electron chi connectivity index (χ2n) is 9.11. The molecule has 0 aliphatic carbocycles. The van der Waals surface area contributed by atoms with Crippen molar-refractivity contribution in [2.24, 2.45) is 5.92 Å². The van der Waals surface area contributed by atoms with E-state index in [1.54, 1.807) is 6.92 Å². The number of nitrogens with zero attached hydrogens (tertiary/aromatic N) is 3. The van der Waals surface area contributed by atoms with E-state index in [0.717, 1.165) is 73.7 Å². The maximum absolute atomic E-state index is 12.4. The van der Waals surface area contributed by atoms with Crippen molar-refractivity contribution in [1.82, 2.24) is 15.1 Å². The van der Waals surface area contributed by atoms with Gasteiger partial charge in [-0.15, -0.1) is 0 Å². The van der Waals surface area contributed by atoms with Gasteiger partial charge in [0.25, 0.3) is 0 Å². The van der Waals surface area contributed by atoms with Crippen LogP contribution in [0.15, 0.2) is 24.5 Å². The minimum Gasteiger partial charge on any atom is -0.493 e. The number of anilines is 1. The minimum absolute atomic E-state index is 0.0852. The van der Waals surface area contributed by atoms with Crippen LogP contribution in [0.1, 0.15) is 44.7 Å². The summed E-state index contributed by atoms with van der Waals surface area (Å²) < 4.78 is 13.8. The van der Waals surface area contributed by atoms with E-state index >= 15 is 0 Å². The molecule has 0 spiro atoms. The second-order valence-corrected chi connectivity index (χ2v) is 9.11. The minimum atomic E-state index is 0.0852. The van der Waals surface area contributed by atoms with E-state index in [1.807, 2.05) is 15.8 Å². The first kappa shape index (κ1) is 20.5. The molecule has 3 aliphatic rings. The number of fused-ring (bicyclic) bond motifs is 1. The van der Waals surface area contributed by atoms with Crippen LogP contribution in [0.5, 0.6) is 5.75 Å². The Hall–Kier alpha value is -2.38. The molecule has 1 aromatic heterocycles. The van der Waals surface area contributed by atoms with Crippen LogP contribution in [0, 0.1) is 5.92 Å². The van der Waals surface area contributed by atoms with E-state index in [4.69, 9.17) is 9.47 Å². The molecule has 166 valence electrons. The smallest absolute Gasteiger partial charge is 0.224 e. The van der Waals surface area contributed by atoms with Crippen molar-refractivity contribution < 1.29 is 14.3 Å². The number of nitrogens with one attached hydrogen (secondary N) is 1. The zero-order valence-corrected chi connectivity index (χ0v) is 18.5. The molecular formula is C24H32N4O3. The fourth-order valence-electron chi connectivity index (χ4n) is 5.02. The third-order valence-corrected chi connectivity index (χ3v) is 6.93. The molecule has 2 unspecified atom stereocenters. The molecule has 0 saturated carbocycles. The van der Waals surface area contributed by atoms with Gasteiger partial charge < -0.3 is 19.7 Å². The zero-order chi connectivity index (χ0) is 21.4. The van der Waals surface area contributed by atoms with Gasteiger partial charge in [-0.1, -0.05) is 0 Å². The average molecular weight is 425 g/mol. The molecule has 7 heteroatoms. The quantitative estimate of drug-likeness (QED) is 0.771. The summed E-state index contributed by atoms with van der Waals surface area (Å²) in [5.74, 6) is 1.69. The first-order valence-corrected chi connectivity index (χ1v) is 11.5. The summed E-state index contributed by atoms with van der Waals surface area (Å²) in [4.78, 5) is 14.3. The molecule has 0 bridgehead atoms. The third-order valence-electron chi connectivity index (χ3n) is 6.93. The predicted octanol–water partition coefficient (Wildman–Crippen LogP) is 3.19. The van der Waals surface area contributed by atoms with Crippen LogP contribution in [0.3, 0.4) is 0 Å². The van der Waals surface area contributed by atoms with Crippen LogP contribution in [-0.2, 0) is 16.0 Å². The summed E-state index contributed by atoms with van der Waals surface area (Å²) in [6.07, 6.45) is 8.13. The Balaban J connectivity index is 1.48.